The van der Waals surface area contributed by atoms with Gasteiger partial charge in [-0.2, -0.15) is 9.40 Å². The standard InChI is InChI=1S/C13H22N4O3S/c1-9-6-16-5-3-4-11(16)7-17(9)21(19,20)13-10(2)14-15-12(13)8-18/h9,11,18H,3-8H2,1-2H3,(H,14,15). The summed E-state index contributed by atoms with van der Waals surface area (Å²) in [6, 6.07) is 0.256. The molecule has 0 amide bonds. The maximum absolute atomic E-state index is 13.0. The van der Waals surface area contributed by atoms with Gasteiger partial charge < -0.3 is 5.11 Å². The molecule has 0 spiro atoms. The largest absolute Gasteiger partial charge is 0.390 e. The van der Waals surface area contributed by atoms with Gasteiger partial charge in [-0.05, 0) is 33.2 Å². The molecule has 2 atom stereocenters. The summed E-state index contributed by atoms with van der Waals surface area (Å²) < 4.78 is 27.5. The summed E-state index contributed by atoms with van der Waals surface area (Å²) >= 11 is 0. The highest BCUT2D eigenvalue weighted by Gasteiger charge is 2.41. The molecule has 2 N–H and O–H groups in total. The number of nitrogens with zero attached hydrogens (tertiary/aromatic N) is 3. The molecular formula is C13H22N4O3S. The van der Waals surface area contributed by atoms with Crippen LogP contribution >= 0.6 is 0 Å². The first-order valence-electron chi connectivity index (χ1n) is 7.35. The topological polar surface area (TPSA) is 89.5 Å². The average molecular weight is 314 g/mol. The Balaban J connectivity index is 1.96. The van der Waals surface area contributed by atoms with Crippen molar-refractivity contribution in [1.29, 1.82) is 0 Å². The van der Waals surface area contributed by atoms with E-state index in [0.29, 0.717) is 18.3 Å². The van der Waals surface area contributed by atoms with Crippen molar-refractivity contribution in [3.63, 3.8) is 0 Å². The second kappa shape index (κ2) is 5.35. The second-order valence-corrected chi connectivity index (χ2v) is 7.82. The fraction of sp³-hybridized carbons (Fsp3) is 0.769. The van der Waals surface area contributed by atoms with Gasteiger partial charge in [0.05, 0.1) is 12.3 Å². The molecule has 7 nitrogen and oxygen atoms in total. The molecule has 2 aliphatic heterocycles. The Morgan fingerprint density at radius 1 is 1.43 bits per heavy atom. The number of rotatable bonds is 3. The predicted molar refractivity (Wildman–Crippen MR) is 77.2 cm³/mol. The molecule has 0 saturated carbocycles. The van der Waals surface area contributed by atoms with Crippen LogP contribution in [0, 0.1) is 6.92 Å². The van der Waals surface area contributed by atoms with Crippen LogP contribution in [0.5, 0.6) is 0 Å². The minimum atomic E-state index is -3.63. The molecule has 1 aromatic heterocycles. The minimum Gasteiger partial charge on any atom is -0.390 e. The lowest BCUT2D eigenvalue weighted by Crippen LogP contribution is -2.56. The van der Waals surface area contributed by atoms with E-state index in [1.165, 1.54) is 0 Å². The lowest BCUT2D eigenvalue weighted by atomic mass is 10.1. The first kappa shape index (κ1) is 15.0. The number of H-pyrrole nitrogens is 1. The Kier molecular flexibility index (Phi) is 3.81. The molecule has 118 valence electrons. The van der Waals surface area contributed by atoms with Gasteiger partial charge in [0.25, 0.3) is 0 Å². The Hall–Kier alpha value is -0.960. The number of sulfonamides is 1. The van der Waals surface area contributed by atoms with Crippen molar-refractivity contribution in [2.24, 2.45) is 0 Å². The number of aromatic amines is 1. The van der Waals surface area contributed by atoms with Gasteiger partial charge in [-0.15, -0.1) is 0 Å². The van der Waals surface area contributed by atoms with E-state index in [9.17, 15) is 13.5 Å². The summed E-state index contributed by atoms with van der Waals surface area (Å²) in [7, 11) is -3.63. The van der Waals surface area contributed by atoms with Crippen molar-refractivity contribution >= 4 is 10.0 Å². The zero-order valence-corrected chi connectivity index (χ0v) is 13.2. The van der Waals surface area contributed by atoms with Crippen LogP contribution in [0.25, 0.3) is 0 Å². The van der Waals surface area contributed by atoms with Crippen LogP contribution in [-0.2, 0) is 16.6 Å². The highest BCUT2D eigenvalue weighted by Crippen LogP contribution is 2.30. The van der Waals surface area contributed by atoms with Crippen LogP contribution in [0.1, 0.15) is 31.2 Å². The van der Waals surface area contributed by atoms with Crippen LogP contribution in [0.15, 0.2) is 4.90 Å². The van der Waals surface area contributed by atoms with Crippen molar-refractivity contribution in [3.8, 4) is 0 Å². The average Bonchev–Trinajstić information content (AvgIpc) is 3.03. The third kappa shape index (κ3) is 2.40. The van der Waals surface area contributed by atoms with E-state index >= 15 is 0 Å². The molecule has 0 bridgehead atoms. The quantitative estimate of drug-likeness (QED) is 0.824. The summed E-state index contributed by atoms with van der Waals surface area (Å²) in [5, 5.41) is 15.9. The first-order valence-corrected chi connectivity index (χ1v) is 8.79. The molecule has 8 heteroatoms. The lowest BCUT2D eigenvalue weighted by Gasteiger charge is -2.41. The number of nitrogens with one attached hydrogen (secondary N) is 1. The van der Waals surface area contributed by atoms with E-state index in [4.69, 9.17) is 0 Å². The summed E-state index contributed by atoms with van der Waals surface area (Å²) in [5.41, 5.74) is 0.689. The Morgan fingerprint density at radius 2 is 2.19 bits per heavy atom. The number of aromatic nitrogens is 2. The molecule has 2 saturated heterocycles. The van der Waals surface area contributed by atoms with Gasteiger partial charge in [0, 0.05) is 25.2 Å². The van der Waals surface area contributed by atoms with Crippen LogP contribution in [-0.4, -0.2) is 64.6 Å². The molecule has 3 rings (SSSR count). The first-order chi connectivity index (χ1) is 9.95. The highest BCUT2D eigenvalue weighted by molar-refractivity contribution is 7.89. The van der Waals surface area contributed by atoms with E-state index < -0.39 is 10.0 Å². The number of hydrogen-bond donors (Lipinski definition) is 2. The summed E-state index contributed by atoms with van der Waals surface area (Å²) in [6.07, 6.45) is 2.19. The molecule has 0 aliphatic carbocycles. The van der Waals surface area contributed by atoms with Gasteiger partial charge in [-0.25, -0.2) is 8.42 Å². The van der Waals surface area contributed by atoms with Crippen molar-refractivity contribution in [2.45, 2.75) is 50.3 Å². The third-order valence-corrected chi connectivity index (χ3v) is 6.74. The fourth-order valence-corrected chi connectivity index (χ4v) is 5.52. The van der Waals surface area contributed by atoms with Crippen LogP contribution in [0.2, 0.25) is 0 Å². The Morgan fingerprint density at radius 3 is 2.90 bits per heavy atom. The van der Waals surface area contributed by atoms with Gasteiger partial charge >= 0.3 is 0 Å². The Labute approximate surface area is 125 Å². The second-order valence-electron chi connectivity index (χ2n) is 6.00. The van der Waals surface area contributed by atoms with E-state index in [0.717, 1.165) is 25.9 Å². The molecule has 0 radical (unpaired) electrons. The highest BCUT2D eigenvalue weighted by atomic mass is 32.2. The molecule has 2 fully saturated rings. The zero-order chi connectivity index (χ0) is 15.2. The van der Waals surface area contributed by atoms with E-state index in [-0.39, 0.29) is 23.2 Å². The number of piperazine rings is 1. The molecule has 21 heavy (non-hydrogen) atoms. The number of hydrogen-bond acceptors (Lipinski definition) is 5. The molecule has 1 aromatic rings. The van der Waals surface area contributed by atoms with Gasteiger partial charge in [-0.1, -0.05) is 0 Å². The number of aryl methyl sites for hydroxylation is 1. The van der Waals surface area contributed by atoms with Crippen molar-refractivity contribution in [2.75, 3.05) is 19.6 Å². The fourth-order valence-electron chi connectivity index (χ4n) is 3.53. The number of aliphatic hydroxyl groups is 1. The molecule has 0 aromatic carbocycles. The molecular weight excluding hydrogens is 292 g/mol. The predicted octanol–water partition coefficient (Wildman–Crippen LogP) is 0.0676. The van der Waals surface area contributed by atoms with Gasteiger partial charge in [0.2, 0.25) is 10.0 Å². The van der Waals surface area contributed by atoms with E-state index in [1.807, 2.05) is 6.92 Å². The molecule has 2 unspecified atom stereocenters. The summed E-state index contributed by atoms with van der Waals surface area (Å²) in [5.74, 6) is 0. The minimum absolute atomic E-state index is 0.0646. The van der Waals surface area contributed by atoms with Crippen LogP contribution < -0.4 is 0 Å². The maximum atomic E-state index is 13.0. The third-order valence-electron chi connectivity index (χ3n) is 4.56. The maximum Gasteiger partial charge on any atom is 0.247 e. The van der Waals surface area contributed by atoms with E-state index in [2.05, 4.69) is 15.1 Å². The normalized spacial score (nSPS) is 28.0. The number of fused-ring (bicyclic) bond motifs is 1. The lowest BCUT2D eigenvalue weighted by molar-refractivity contribution is 0.117. The molecule has 2 aliphatic rings. The number of aliphatic hydroxyl groups excluding tert-OH is 1. The van der Waals surface area contributed by atoms with E-state index in [1.54, 1.807) is 11.2 Å². The van der Waals surface area contributed by atoms with Crippen LogP contribution in [0.4, 0.5) is 0 Å². The van der Waals surface area contributed by atoms with Crippen molar-refractivity contribution in [1.82, 2.24) is 19.4 Å². The molecule has 3 heterocycles. The van der Waals surface area contributed by atoms with Gasteiger partial charge in [-0.3, -0.25) is 10.00 Å². The summed E-state index contributed by atoms with van der Waals surface area (Å²) in [6.45, 7) is 5.61. The smallest absolute Gasteiger partial charge is 0.247 e. The van der Waals surface area contributed by atoms with Gasteiger partial charge in [0.15, 0.2) is 0 Å². The van der Waals surface area contributed by atoms with Crippen LogP contribution in [0.3, 0.4) is 0 Å². The van der Waals surface area contributed by atoms with Crippen molar-refractivity contribution < 1.29 is 13.5 Å². The monoisotopic (exact) mass is 314 g/mol. The Bertz CT molecular complexity index is 627. The van der Waals surface area contributed by atoms with Crippen molar-refractivity contribution in [3.05, 3.63) is 11.4 Å². The SMILES string of the molecule is Cc1[nH]nc(CO)c1S(=O)(=O)N1CC2CCCN2CC1C. The summed E-state index contributed by atoms with van der Waals surface area (Å²) in [4.78, 5) is 2.52. The zero-order valence-electron chi connectivity index (χ0n) is 12.4. The van der Waals surface area contributed by atoms with Gasteiger partial charge in [0.1, 0.15) is 10.6 Å².